The Morgan fingerprint density at radius 3 is 2.93 bits per heavy atom. The Hall–Kier alpha value is -0.610. The van der Waals surface area contributed by atoms with Crippen LogP contribution < -0.4 is 4.90 Å². The van der Waals surface area contributed by atoms with Crippen LogP contribution in [-0.4, -0.2) is 23.2 Å². The van der Waals surface area contributed by atoms with Gasteiger partial charge in [-0.15, -0.1) is 0 Å². The number of hydrogen-bond acceptors (Lipinski definition) is 4. The summed E-state index contributed by atoms with van der Waals surface area (Å²) in [4.78, 5) is 7.65. The maximum atomic E-state index is 9.00. The molecule has 1 fully saturated rings. The fraction of sp³-hybridized carbons (Fsp3) is 0.727. The molecule has 1 aromatic rings. The SMILES string of the molecule is CC1CCN(c2ncc(CO)s2)CC1C. The molecule has 3 nitrogen and oxygen atoms in total. The van der Waals surface area contributed by atoms with E-state index in [1.54, 1.807) is 17.5 Å². The Labute approximate surface area is 94.8 Å². The van der Waals surface area contributed by atoms with E-state index in [4.69, 9.17) is 5.11 Å². The molecule has 1 saturated heterocycles. The summed E-state index contributed by atoms with van der Waals surface area (Å²) in [7, 11) is 0. The van der Waals surface area contributed by atoms with E-state index < -0.39 is 0 Å². The molecule has 2 unspecified atom stereocenters. The Kier molecular flexibility index (Phi) is 3.26. The molecule has 0 spiro atoms. The molecule has 0 radical (unpaired) electrons. The van der Waals surface area contributed by atoms with Gasteiger partial charge < -0.3 is 10.0 Å². The summed E-state index contributed by atoms with van der Waals surface area (Å²) >= 11 is 1.61. The van der Waals surface area contributed by atoms with Gasteiger partial charge in [-0.25, -0.2) is 4.98 Å². The fourth-order valence-corrected chi connectivity index (χ4v) is 2.76. The molecule has 0 saturated carbocycles. The first-order chi connectivity index (χ1) is 7.20. The van der Waals surface area contributed by atoms with Gasteiger partial charge in [0.05, 0.1) is 11.5 Å². The standard InChI is InChI=1S/C11H18N2OS/c1-8-3-4-13(6-9(8)2)11-12-5-10(7-14)15-11/h5,8-9,14H,3-4,6-7H2,1-2H3. The lowest BCUT2D eigenvalue weighted by atomic mass is 9.89. The average Bonchev–Trinajstić information content (AvgIpc) is 2.70. The fourth-order valence-electron chi connectivity index (χ4n) is 1.95. The minimum Gasteiger partial charge on any atom is -0.391 e. The molecule has 1 N–H and O–H groups in total. The van der Waals surface area contributed by atoms with Crippen molar-refractivity contribution in [3.63, 3.8) is 0 Å². The van der Waals surface area contributed by atoms with Crippen LogP contribution in [0.1, 0.15) is 25.1 Å². The van der Waals surface area contributed by atoms with Crippen molar-refractivity contribution in [2.45, 2.75) is 26.9 Å². The van der Waals surface area contributed by atoms with Gasteiger partial charge >= 0.3 is 0 Å². The quantitative estimate of drug-likeness (QED) is 0.839. The molecule has 1 aromatic heterocycles. The molecule has 4 heteroatoms. The molecule has 2 rings (SSSR count). The summed E-state index contributed by atoms with van der Waals surface area (Å²) in [6, 6.07) is 0. The highest BCUT2D eigenvalue weighted by Crippen LogP contribution is 2.29. The van der Waals surface area contributed by atoms with Crippen molar-refractivity contribution < 1.29 is 5.11 Å². The van der Waals surface area contributed by atoms with E-state index in [0.29, 0.717) is 0 Å². The van der Waals surface area contributed by atoms with Crippen LogP contribution in [0.25, 0.3) is 0 Å². The maximum absolute atomic E-state index is 9.00. The first-order valence-electron chi connectivity index (χ1n) is 5.51. The van der Waals surface area contributed by atoms with Gasteiger partial charge in [-0.2, -0.15) is 0 Å². The number of hydrogen-bond donors (Lipinski definition) is 1. The second kappa shape index (κ2) is 4.49. The van der Waals surface area contributed by atoms with Crippen LogP contribution in [0.4, 0.5) is 5.13 Å². The molecule has 2 atom stereocenters. The summed E-state index contributed by atoms with van der Waals surface area (Å²) in [5.41, 5.74) is 0. The van der Waals surface area contributed by atoms with Gasteiger partial charge in [0.1, 0.15) is 0 Å². The van der Waals surface area contributed by atoms with Crippen molar-refractivity contribution >= 4 is 16.5 Å². The van der Waals surface area contributed by atoms with Gasteiger partial charge in [0.15, 0.2) is 5.13 Å². The van der Waals surface area contributed by atoms with Crippen molar-refractivity contribution in [2.75, 3.05) is 18.0 Å². The first-order valence-corrected chi connectivity index (χ1v) is 6.33. The Morgan fingerprint density at radius 2 is 2.33 bits per heavy atom. The lowest BCUT2D eigenvalue weighted by Gasteiger charge is -2.35. The van der Waals surface area contributed by atoms with Crippen molar-refractivity contribution in [1.82, 2.24) is 4.98 Å². The van der Waals surface area contributed by atoms with Crippen molar-refractivity contribution in [2.24, 2.45) is 11.8 Å². The number of aliphatic hydroxyl groups excluding tert-OH is 1. The summed E-state index contributed by atoms with van der Waals surface area (Å²) in [6.45, 7) is 6.93. The Morgan fingerprint density at radius 1 is 1.53 bits per heavy atom. The van der Waals surface area contributed by atoms with E-state index in [1.165, 1.54) is 6.42 Å². The van der Waals surface area contributed by atoms with Gasteiger partial charge in [0.2, 0.25) is 0 Å². The number of piperidine rings is 1. The number of rotatable bonds is 2. The smallest absolute Gasteiger partial charge is 0.185 e. The molecule has 0 aromatic carbocycles. The lowest BCUT2D eigenvalue weighted by molar-refractivity contribution is 0.285. The predicted molar refractivity (Wildman–Crippen MR) is 63.2 cm³/mol. The maximum Gasteiger partial charge on any atom is 0.185 e. The van der Waals surface area contributed by atoms with E-state index in [0.717, 1.165) is 34.9 Å². The third kappa shape index (κ3) is 2.32. The molecule has 0 bridgehead atoms. The van der Waals surface area contributed by atoms with Crippen LogP contribution in [-0.2, 0) is 6.61 Å². The third-order valence-corrected chi connectivity index (χ3v) is 4.34. The topological polar surface area (TPSA) is 36.4 Å². The van der Waals surface area contributed by atoms with E-state index in [1.807, 2.05) is 0 Å². The number of aromatic nitrogens is 1. The van der Waals surface area contributed by atoms with Crippen molar-refractivity contribution in [3.8, 4) is 0 Å². The number of anilines is 1. The highest BCUT2D eigenvalue weighted by Gasteiger charge is 2.24. The van der Waals surface area contributed by atoms with E-state index >= 15 is 0 Å². The molecule has 15 heavy (non-hydrogen) atoms. The van der Waals surface area contributed by atoms with Crippen LogP contribution in [0.3, 0.4) is 0 Å². The summed E-state index contributed by atoms with van der Waals surface area (Å²) in [6.07, 6.45) is 3.03. The summed E-state index contributed by atoms with van der Waals surface area (Å²) in [5.74, 6) is 1.55. The zero-order valence-electron chi connectivity index (χ0n) is 9.31. The van der Waals surface area contributed by atoms with E-state index in [9.17, 15) is 0 Å². The largest absolute Gasteiger partial charge is 0.391 e. The summed E-state index contributed by atoms with van der Waals surface area (Å²) < 4.78 is 0. The molecule has 84 valence electrons. The van der Waals surface area contributed by atoms with Crippen LogP contribution in [0.5, 0.6) is 0 Å². The van der Waals surface area contributed by atoms with Gasteiger partial charge in [0.25, 0.3) is 0 Å². The number of thiazole rings is 1. The predicted octanol–water partition coefficient (Wildman–Crippen LogP) is 2.12. The monoisotopic (exact) mass is 226 g/mol. The third-order valence-electron chi connectivity index (χ3n) is 3.30. The van der Waals surface area contributed by atoms with Gasteiger partial charge in [-0.3, -0.25) is 0 Å². The molecule has 1 aliphatic rings. The minimum atomic E-state index is 0.109. The minimum absolute atomic E-state index is 0.109. The lowest BCUT2D eigenvalue weighted by Crippen LogP contribution is -2.38. The molecular formula is C11H18N2OS. The van der Waals surface area contributed by atoms with E-state index in [2.05, 4.69) is 23.7 Å². The van der Waals surface area contributed by atoms with Crippen LogP contribution in [0, 0.1) is 11.8 Å². The van der Waals surface area contributed by atoms with Crippen LogP contribution in [0.2, 0.25) is 0 Å². The highest BCUT2D eigenvalue weighted by atomic mass is 32.1. The molecule has 0 aliphatic carbocycles. The average molecular weight is 226 g/mol. The van der Waals surface area contributed by atoms with Crippen LogP contribution in [0.15, 0.2) is 6.20 Å². The van der Waals surface area contributed by atoms with Gasteiger partial charge in [-0.05, 0) is 18.3 Å². The van der Waals surface area contributed by atoms with Gasteiger partial charge in [0, 0.05) is 19.3 Å². The van der Waals surface area contributed by atoms with Gasteiger partial charge in [-0.1, -0.05) is 25.2 Å². The zero-order chi connectivity index (χ0) is 10.8. The second-order valence-corrected chi connectivity index (χ2v) is 5.55. The van der Waals surface area contributed by atoms with E-state index in [-0.39, 0.29) is 6.61 Å². The Balaban J connectivity index is 2.05. The normalized spacial score (nSPS) is 27.0. The number of aliphatic hydroxyl groups is 1. The van der Waals surface area contributed by atoms with Crippen molar-refractivity contribution in [1.29, 1.82) is 0 Å². The molecule has 2 heterocycles. The molecular weight excluding hydrogens is 208 g/mol. The number of nitrogens with zero attached hydrogens (tertiary/aromatic N) is 2. The molecule has 1 aliphatic heterocycles. The van der Waals surface area contributed by atoms with Crippen molar-refractivity contribution in [3.05, 3.63) is 11.1 Å². The first kappa shape index (κ1) is 10.9. The van der Waals surface area contributed by atoms with Crippen LogP contribution >= 0.6 is 11.3 Å². The highest BCUT2D eigenvalue weighted by molar-refractivity contribution is 7.15. The molecule has 0 amide bonds. The second-order valence-electron chi connectivity index (χ2n) is 4.46. The summed E-state index contributed by atoms with van der Waals surface area (Å²) in [5, 5.41) is 10.1. The zero-order valence-corrected chi connectivity index (χ0v) is 10.1. The Bertz CT molecular complexity index is 326.